The van der Waals surface area contributed by atoms with E-state index in [9.17, 15) is 4.79 Å². The minimum Gasteiger partial charge on any atom is -0.462 e. The van der Waals surface area contributed by atoms with E-state index in [1.165, 1.54) is 19.3 Å². The molecule has 2 unspecified atom stereocenters. The minimum absolute atomic E-state index is 0.133. The molecular formula is C13H25NO2. The lowest BCUT2D eigenvalue weighted by molar-refractivity contribution is -0.154. The summed E-state index contributed by atoms with van der Waals surface area (Å²) in [6.45, 7) is 5.88. The second kappa shape index (κ2) is 5.67. The molecule has 16 heavy (non-hydrogen) atoms. The minimum atomic E-state index is -0.465. The molecule has 1 aliphatic carbocycles. The maximum atomic E-state index is 11.7. The van der Waals surface area contributed by atoms with Crippen molar-refractivity contribution in [1.82, 2.24) is 0 Å². The molecule has 0 aliphatic heterocycles. The number of rotatable bonds is 4. The Labute approximate surface area is 98.7 Å². The van der Waals surface area contributed by atoms with Crippen LogP contribution >= 0.6 is 0 Å². The van der Waals surface area contributed by atoms with Crippen LogP contribution in [-0.4, -0.2) is 17.6 Å². The third-order valence-electron chi connectivity index (χ3n) is 3.25. The van der Waals surface area contributed by atoms with E-state index in [-0.39, 0.29) is 12.1 Å². The molecule has 1 saturated carbocycles. The maximum Gasteiger partial charge on any atom is 0.307 e. The van der Waals surface area contributed by atoms with Gasteiger partial charge in [-0.15, -0.1) is 0 Å². The van der Waals surface area contributed by atoms with Crippen LogP contribution < -0.4 is 5.73 Å². The quantitative estimate of drug-likeness (QED) is 0.751. The lowest BCUT2D eigenvalue weighted by atomic mass is 9.84. The number of hydrogen-bond acceptors (Lipinski definition) is 3. The van der Waals surface area contributed by atoms with E-state index < -0.39 is 5.54 Å². The van der Waals surface area contributed by atoms with Crippen molar-refractivity contribution < 1.29 is 9.53 Å². The third kappa shape index (κ3) is 4.52. The first kappa shape index (κ1) is 13.5. The summed E-state index contributed by atoms with van der Waals surface area (Å²) in [5.74, 6) is 0.413. The molecule has 0 saturated heterocycles. The van der Waals surface area contributed by atoms with Crippen molar-refractivity contribution in [1.29, 1.82) is 0 Å². The highest BCUT2D eigenvalue weighted by Gasteiger charge is 2.28. The summed E-state index contributed by atoms with van der Waals surface area (Å²) in [7, 11) is 0. The molecule has 2 atom stereocenters. The second-order valence-corrected chi connectivity index (χ2v) is 5.65. The normalized spacial score (nSPS) is 26.5. The van der Waals surface area contributed by atoms with Gasteiger partial charge in [0.25, 0.3) is 0 Å². The molecule has 0 aromatic carbocycles. The SMILES string of the molecule is CCC1CCCCC1OC(=O)CC(C)(C)N. The maximum absolute atomic E-state index is 11.7. The number of esters is 1. The van der Waals surface area contributed by atoms with E-state index in [0.29, 0.717) is 12.3 Å². The van der Waals surface area contributed by atoms with E-state index in [1.807, 2.05) is 13.8 Å². The van der Waals surface area contributed by atoms with Gasteiger partial charge in [0.1, 0.15) is 6.10 Å². The van der Waals surface area contributed by atoms with Gasteiger partial charge < -0.3 is 10.5 Å². The van der Waals surface area contributed by atoms with Gasteiger partial charge >= 0.3 is 5.97 Å². The van der Waals surface area contributed by atoms with Crippen LogP contribution in [0.3, 0.4) is 0 Å². The van der Waals surface area contributed by atoms with E-state index in [4.69, 9.17) is 10.5 Å². The van der Waals surface area contributed by atoms with Crippen molar-refractivity contribution in [3.63, 3.8) is 0 Å². The molecule has 0 radical (unpaired) electrons. The van der Waals surface area contributed by atoms with Gasteiger partial charge in [0.2, 0.25) is 0 Å². The summed E-state index contributed by atoms with van der Waals surface area (Å²) >= 11 is 0. The second-order valence-electron chi connectivity index (χ2n) is 5.65. The summed E-state index contributed by atoms with van der Waals surface area (Å²) in [5.41, 5.74) is 5.34. The van der Waals surface area contributed by atoms with Gasteiger partial charge in [-0.05, 0) is 45.4 Å². The van der Waals surface area contributed by atoms with Crippen molar-refractivity contribution in [3.05, 3.63) is 0 Å². The van der Waals surface area contributed by atoms with Gasteiger partial charge in [-0.2, -0.15) is 0 Å². The molecule has 0 spiro atoms. The van der Waals surface area contributed by atoms with Crippen LogP contribution in [0.5, 0.6) is 0 Å². The topological polar surface area (TPSA) is 52.3 Å². The highest BCUT2D eigenvalue weighted by Crippen LogP contribution is 2.29. The van der Waals surface area contributed by atoms with Crippen LogP contribution in [0.25, 0.3) is 0 Å². The Hall–Kier alpha value is -0.570. The van der Waals surface area contributed by atoms with E-state index in [2.05, 4.69) is 6.92 Å². The fraction of sp³-hybridized carbons (Fsp3) is 0.923. The zero-order valence-corrected chi connectivity index (χ0v) is 10.8. The van der Waals surface area contributed by atoms with Gasteiger partial charge in [0.05, 0.1) is 6.42 Å². The zero-order valence-electron chi connectivity index (χ0n) is 10.8. The Morgan fingerprint density at radius 3 is 2.56 bits per heavy atom. The summed E-state index contributed by atoms with van der Waals surface area (Å²) < 4.78 is 5.55. The van der Waals surface area contributed by atoms with Gasteiger partial charge in [-0.25, -0.2) is 0 Å². The molecule has 0 aromatic heterocycles. The summed E-state index contributed by atoms with van der Waals surface area (Å²) in [4.78, 5) is 11.7. The van der Waals surface area contributed by atoms with Crippen LogP contribution in [-0.2, 0) is 9.53 Å². The number of nitrogens with two attached hydrogens (primary N) is 1. The third-order valence-corrected chi connectivity index (χ3v) is 3.25. The molecular weight excluding hydrogens is 202 g/mol. The molecule has 0 bridgehead atoms. The average Bonchev–Trinajstić information content (AvgIpc) is 2.15. The van der Waals surface area contributed by atoms with E-state index >= 15 is 0 Å². The molecule has 2 N–H and O–H groups in total. The predicted octanol–water partition coefficient (Wildman–Crippen LogP) is 2.63. The van der Waals surface area contributed by atoms with Crippen molar-refractivity contribution in [2.75, 3.05) is 0 Å². The highest BCUT2D eigenvalue weighted by molar-refractivity contribution is 5.71. The number of hydrogen-bond donors (Lipinski definition) is 1. The van der Waals surface area contributed by atoms with Gasteiger partial charge in [0.15, 0.2) is 0 Å². The zero-order chi connectivity index (χ0) is 12.2. The van der Waals surface area contributed by atoms with Gasteiger partial charge in [-0.3, -0.25) is 4.79 Å². The van der Waals surface area contributed by atoms with Crippen molar-refractivity contribution >= 4 is 5.97 Å². The van der Waals surface area contributed by atoms with Gasteiger partial charge in [-0.1, -0.05) is 13.3 Å². The molecule has 1 rings (SSSR count). The Morgan fingerprint density at radius 2 is 2.00 bits per heavy atom. The Bertz CT molecular complexity index is 233. The van der Waals surface area contributed by atoms with Crippen LogP contribution in [0, 0.1) is 5.92 Å². The fourth-order valence-corrected chi connectivity index (χ4v) is 2.38. The summed E-state index contributed by atoms with van der Waals surface area (Å²) in [6, 6.07) is 0. The van der Waals surface area contributed by atoms with Crippen molar-refractivity contribution in [3.8, 4) is 0 Å². The Kier molecular flexibility index (Phi) is 4.78. The first-order valence-corrected chi connectivity index (χ1v) is 6.40. The van der Waals surface area contributed by atoms with Crippen molar-refractivity contribution in [2.24, 2.45) is 11.7 Å². The summed E-state index contributed by atoms with van der Waals surface area (Å²) in [6.07, 6.45) is 6.21. The van der Waals surface area contributed by atoms with Crippen LogP contribution in [0.15, 0.2) is 0 Å². The Balaban J connectivity index is 2.42. The van der Waals surface area contributed by atoms with E-state index in [1.54, 1.807) is 0 Å². The van der Waals surface area contributed by atoms with Crippen LogP contribution in [0.4, 0.5) is 0 Å². The van der Waals surface area contributed by atoms with Crippen LogP contribution in [0.1, 0.15) is 59.3 Å². The largest absolute Gasteiger partial charge is 0.462 e. The molecule has 0 aromatic rings. The summed E-state index contributed by atoms with van der Waals surface area (Å²) in [5, 5.41) is 0. The number of ether oxygens (including phenoxy) is 1. The highest BCUT2D eigenvalue weighted by atomic mass is 16.5. The molecule has 94 valence electrons. The molecule has 3 heteroatoms. The van der Waals surface area contributed by atoms with Crippen molar-refractivity contribution in [2.45, 2.75) is 70.9 Å². The smallest absolute Gasteiger partial charge is 0.307 e. The Morgan fingerprint density at radius 1 is 1.38 bits per heavy atom. The number of carbonyl (C=O) groups excluding carboxylic acids is 1. The average molecular weight is 227 g/mol. The van der Waals surface area contributed by atoms with Gasteiger partial charge in [0, 0.05) is 5.54 Å². The number of carbonyl (C=O) groups is 1. The van der Waals surface area contributed by atoms with E-state index in [0.717, 1.165) is 12.8 Å². The lowest BCUT2D eigenvalue weighted by Crippen LogP contribution is -2.37. The lowest BCUT2D eigenvalue weighted by Gasteiger charge is -2.31. The molecule has 0 amide bonds. The molecule has 3 nitrogen and oxygen atoms in total. The standard InChI is InChI=1S/C13H25NO2/c1-4-10-7-5-6-8-11(10)16-12(15)9-13(2,3)14/h10-11H,4-9,14H2,1-3H3. The first-order chi connectivity index (χ1) is 7.42. The fourth-order valence-electron chi connectivity index (χ4n) is 2.38. The monoisotopic (exact) mass is 227 g/mol. The first-order valence-electron chi connectivity index (χ1n) is 6.40. The van der Waals surface area contributed by atoms with Crippen LogP contribution in [0.2, 0.25) is 0 Å². The molecule has 1 fully saturated rings. The molecule has 1 aliphatic rings. The molecule has 0 heterocycles. The predicted molar refractivity (Wildman–Crippen MR) is 65.0 cm³/mol.